The zero-order valence-corrected chi connectivity index (χ0v) is 11.9. The molecule has 5 nitrogen and oxygen atoms in total. The molecule has 0 saturated carbocycles. The molecule has 0 unspecified atom stereocenters. The summed E-state index contributed by atoms with van der Waals surface area (Å²) in [5.74, 6) is -0.782. The van der Waals surface area contributed by atoms with Gasteiger partial charge in [-0.3, -0.25) is 19.3 Å². The minimum Gasteiger partial charge on any atom is -0.354 e. The van der Waals surface area contributed by atoms with E-state index in [4.69, 9.17) is 11.6 Å². The van der Waals surface area contributed by atoms with E-state index >= 15 is 0 Å². The fourth-order valence-corrected chi connectivity index (χ4v) is 2.26. The quantitative estimate of drug-likeness (QED) is 0.843. The highest BCUT2D eigenvalue weighted by Crippen LogP contribution is 2.25. The lowest BCUT2D eigenvalue weighted by Crippen LogP contribution is -2.38. The van der Waals surface area contributed by atoms with Crippen molar-refractivity contribution in [2.75, 3.05) is 13.1 Å². The van der Waals surface area contributed by atoms with Gasteiger partial charge in [0.25, 0.3) is 11.8 Å². The van der Waals surface area contributed by atoms with Crippen molar-refractivity contribution < 1.29 is 14.4 Å². The molecule has 2 rings (SSSR count). The molecule has 1 aliphatic heterocycles. The van der Waals surface area contributed by atoms with Gasteiger partial charge in [-0.15, -0.1) is 0 Å². The summed E-state index contributed by atoms with van der Waals surface area (Å²) in [5.41, 5.74) is 0.682. The molecule has 20 heavy (non-hydrogen) atoms. The monoisotopic (exact) mass is 294 g/mol. The Bertz CT molecular complexity index is 572. The summed E-state index contributed by atoms with van der Waals surface area (Å²) >= 11 is 5.83. The van der Waals surface area contributed by atoms with Gasteiger partial charge in [0, 0.05) is 24.5 Å². The van der Waals surface area contributed by atoms with E-state index in [2.05, 4.69) is 5.32 Å². The molecule has 3 amide bonds. The number of benzene rings is 1. The van der Waals surface area contributed by atoms with E-state index in [0.29, 0.717) is 22.6 Å². The topological polar surface area (TPSA) is 66.5 Å². The Morgan fingerprint density at radius 1 is 1.25 bits per heavy atom. The number of carbonyl (C=O) groups is 3. The van der Waals surface area contributed by atoms with E-state index in [1.165, 1.54) is 6.07 Å². The number of halogens is 1. The standard InChI is InChI=1S/C14H15ClN2O3/c1-2-3-12(18)16-6-7-17-13(19)10-5-4-9(15)8-11(10)14(17)20/h4-5,8H,2-3,6-7H2,1H3,(H,16,18). The molecule has 106 valence electrons. The predicted molar refractivity (Wildman–Crippen MR) is 74.7 cm³/mol. The number of carbonyl (C=O) groups excluding carboxylic acids is 3. The van der Waals surface area contributed by atoms with Gasteiger partial charge in [-0.1, -0.05) is 18.5 Å². The van der Waals surface area contributed by atoms with Gasteiger partial charge in [-0.05, 0) is 24.6 Å². The van der Waals surface area contributed by atoms with Gasteiger partial charge >= 0.3 is 0 Å². The SMILES string of the molecule is CCCC(=O)NCCN1C(=O)c2ccc(Cl)cc2C1=O. The average molecular weight is 295 g/mol. The first-order chi connectivity index (χ1) is 9.54. The number of hydrogen-bond acceptors (Lipinski definition) is 3. The Morgan fingerprint density at radius 2 is 1.95 bits per heavy atom. The maximum atomic E-state index is 12.1. The molecule has 1 aromatic carbocycles. The van der Waals surface area contributed by atoms with Gasteiger partial charge in [0.15, 0.2) is 0 Å². The second-order valence-electron chi connectivity index (χ2n) is 4.55. The molecule has 1 heterocycles. The lowest BCUT2D eigenvalue weighted by Gasteiger charge is -2.14. The maximum Gasteiger partial charge on any atom is 0.261 e. The van der Waals surface area contributed by atoms with Crippen molar-refractivity contribution in [2.24, 2.45) is 0 Å². The second-order valence-corrected chi connectivity index (χ2v) is 4.99. The summed E-state index contributed by atoms with van der Waals surface area (Å²) in [5, 5.41) is 3.10. The van der Waals surface area contributed by atoms with Crippen molar-refractivity contribution in [3.8, 4) is 0 Å². The fourth-order valence-electron chi connectivity index (χ4n) is 2.09. The van der Waals surface area contributed by atoms with Gasteiger partial charge in [0.05, 0.1) is 11.1 Å². The van der Waals surface area contributed by atoms with E-state index in [9.17, 15) is 14.4 Å². The highest BCUT2D eigenvalue weighted by Gasteiger charge is 2.35. The van der Waals surface area contributed by atoms with Crippen molar-refractivity contribution in [3.05, 3.63) is 34.3 Å². The Labute approximate surface area is 121 Å². The largest absolute Gasteiger partial charge is 0.354 e. The molecule has 0 aliphatic carbocycles. The van der Waals surface area contributed by atoms with Gasteiger partial charge in [0.1, 0.15) is 0 Å². The van der Waals surface area contributed by atoms with E-state index in [0.717, 1.165) is 11.3 Å². The normalized spacial score (nSPS) is 13.6. The Kier molecular flexibility index (Phi) is 4.39. The molecule has 1 aromatic rings. The van der Waals surface area contributed by atoms with Crippen LogP contribution in [0.25, 0.3) is 0 Å². The maximum absolute atomic E-state index is 12.1. The van der Waals surface area contributed by atoms with Crippen LogP contribution in [0.4, 0.5) is 0 Å². The Morgan fingerprint density at radius 3 is 2.65 bits per heavy atom. The van der Waals surface area contributed by atoms with Crippen LogP contribution in [0.1, 0.15) is 40.5 Å². The summed E-state index contributed by atoms with van der Waals surface area (Å²) < 4.78 is 0. The van der Waals surface area contributed by atoms with E-state index in [-0.39, 0.29) is 30.8 Å². The van der Waals surface area contributed by atoms with Gasteiger partial charge < -0.3 is 5.32 Å². The smallest absolute Gasteiger partial charge is 0.261 e. The van der Waals surface area contributed by atoms with Crippen molar-refractivity contribution >= 4 is 29.3 Å². The van der Waals surface area contributed by atoms with Crippen LogP contribution in [0, 0.1) is 0 Å². The molecule has 0 bridgehead atoms. The van der Waals surface area contributed by atoms with Crippen LogP contribution in [0.2, 0.25) is 5.02 Å². The summed E-state index contributed by atoms with van der Waals surface area (Å²) in [6, 6.07) is 4.62. The number of nitrogens with zero attached hydrogens (tertiary/aromatic N) is 1. The molecule has 1 N–H and O–H groups in total. The molecular weight excluding hydrogens is 280 g/mol. The number of hydrogen-bond donors (Lipinski definition) is 1. The third-order valence-electron chi connectivity index (χ3n) is 3.07. The van der Waals surface area contributed by atoms with Crippen LogP contribution in [-0.4, -0.2) is 35.7 Å². The lowest BCUT2D eigenvalue weighted by molar-refractivity contribution is -0.121. The second kappa shape index (κ2) is 6.05. The molecule has 0 fully saturated rings. The fraction of sp³-hybridized carbons (Fsp3) is 0.357. The number of fused-ring (bicyclic) bond motifs is 1. The summed E-state index contributed by atoms with van der Waals surface area (Å²) in [6.07, 6.45) is 1.20. The first-order valence-corrected chi connectivity index (χ1v) is 6.85. The van der Waals surface area contributed by atoms with E-state index in [1.54, 1.807) is 12.1 Å². The van der Waals surface area contributed by atoms with Crippen LogP contribution in [0.3, 0.4) is 0 Å². The number of amides is 3. The van der Waals surface area contributed by atoms with Crippen molar-refractivity contribution in [1.29, 1.82) is 0 Å². The number of imide groups is 1. The number of nitrogens with one attached hydrogen (secondary N) is 1. The molecule has 0 aromatic heterocycles. The third kappa shape index (κ3) is 2.82. The summed E-state index contributed by atoms with van der Waals surface area (Å²) in [6.45, 7) is 2.34. The van der Waals surface area contributed by atoms with Crippen LogP contribution in [0.15, 0.2) is 18.2 Å². The predicted octanol–water partition coefficient (Wildman–Crippen LogP) is 1.85. The van der Waals surface area contributed by atoms with E-state index < -0.39 is 0 Å². The molecule has 1 aliphatic rings. The first-order valence-electron chi connectivity index (χ1n) is 6.47. The van der Waals surface area contributed by atoms with E-state index in [1.807, 2.05) is 6.92 Å². The van der Waals surface area contributed by atoms with Gasteiger partial charge in [-0.25, -0.2) is 0 Å². The molecule has 0 saturated heterocycles. The van der Waals surface area contributed by atoms with Gasteiger partial charge in [-0.2, -0.15) is 0 Å². The van der Waals surface area contributed by atoms with Crippen molar-refractivity contribution in [3.63, 3.8) is 0 Å². The highest BCUT2D eigenvalue weighted by atomic mass is 35.5. The zero-order valence-electron chi connectivity index (χ0n) is 11.1. The van der Waals surface area contributed by atoms with Crippen molar-refractivity contribution in [2.45, 2.75) is 19.8 Å². The van der Waals surface area contributed by atoms with Gasteiger partial charge in [0.2, 0.25) is 5.91 Å². The molecule has 6 heteroatoms. The first kappa shape index (κ1) is 14.5. The molecule has 0 radical (unpaired) electrons. The van der Waals surface area contributed by atoms with Crippen LogP contribution in [-0.2, 0) is 4.79 Å². The molecular formula is C14H15ClN2O3. The molecule has 0 spiro atoms. The van der Waals surface area contributed by atoms with Crippen molar-refractivity contribution in [1.82, 2.24) is 10.2 Å². The Balaban J connectivity index is 2.00. The number of rotatable bonds is 5. The van der Waals surface area contributed by atoms with Crippen LogP contribution >= 0.6 is 11.6 Å². The lowest BCUT2D eigenvalue weighted by atomic mass is 10.1. The zero-order chi connectivity index (χ0) is 14.7. The minimum atomic E-state index is -0.364. The minimum absolute atomic E-state index is 0.0767. The van der Waals surface area contributed by atoms with Crippen LogP contribution < -0.4 is 5.32 Å². The average Bonchev–Trinajstić information content (AvgIpc) is 2.63. The summed E-state index contributed by atoms with van der Waals surface area (Å²) in [4.78, 5) is 36.6. The summed E-state index contributed by atoms with van der Waals surface area (Å²) in [7, 11) is 0. The Hall–Kier alpha value is -1.88. The third-order valence-corrected chi connectivity index (χ3v) is 3.30. The molecule has 0 atom stereocenters. The van der Waals surface area contributed by atoms with Crippen LogP contribution in [0.5, 0.6) is 0 Å². The highest BCUT2D eigenvalue weighted by molar-refractivity contribution is 6.32.